The zero-order chi connectivity index (χ0) is 32.5. The summed E-state index contributed by atoms with van der Waals surface area (Å²) in [5, 5.41) is 13.6. The van der Waals surface area contributed by atoms with Crippen LogP contribution < -0.4 is 25.5 Å². The molecule has 0 saturated heterocycles. The van der Waals surface area contributed by atoms with E-state index >= 15 is 0 Å². The van der Waals surface area contributed by atoms with Gasteiger partial charge in [-0.25, -0.2) is 10.4 Å². The van der Waals surface area contributed by atoms with Crippen molar-refractivity contribution in [2.45, 2.75) is 13.8 Å². The van der Waals surface area contributed by atoms with Crippen LogP contribution in [0, 0.1) is 10.5 Å². The molecule has 1 aromatic heterocycles. The molecule has 0 spiro atoms. The zero-order valence-corrected chi connectivity index (χ0v) is 28.6. The highest BCUT2D eigenvalue weighted by atomic mass is 127. The van der Waals surface area contributed by atoms with Crippen LogP contribution in [0.25, 0.3) is 11.3 Å². The smallest absolute Gasteiger partial charge is 0.271 e. The molecule has 0 unspecified atom stereocenters. The van der Waals surface area contributed by atoms with E-state index in [0.29, 0.717) is 39.9 Å². The summed E-state index contributed by atoms with van der Waals surface area (Å²) in [6, 6.07) is 25.6. The molecule has 0 aliphatic carbocycles. The number of hydrazone groups is 1. The van der Waals surface area contributed by atoms with E-state index in [2.05, 4.69) is 48.7 Å². The molecule has 0 radical (unpaired) electrons. The number of aryl methyl sites for hydroxylation is 1. The standard InChI is InChI=1S/C34H29ClIN5O4S/c1-3-44-30-17-22(16-28(36)32(30)45-19-31(42)38-26-12-4-21(2)5-13-26)18-37-41-33(43)24-8-6-23(7-9-24)29-20-46-34(40-29)39-27-14-10-25(35)11-15-27/h4-18,20H,3,19H2,1-2H3,(H,38,42)(H,39,40)(H,41,43)/b37-18-. The molecule has 9 nitrogen and oxygen atoms in total. The Labute approximate surface area is 289 Å². The van der Waals surface area contributed by atoms with Gasteiger partial charge in [0.2, 0.25) is 0 Å². The van der Waals surface area contributed by atoms with E-state index in [1.807, 2.05) is 86.0 Å². The molecule has 5 aromatic rings. The molecular weight excluding hydrogens is 737 g/mol. The normalized spacial score (nSPS) is 10.9. The van der Waals surface area contributed by atoms with Crippen molar-refractivity contribution in [2.24, 2.45) is 5.10 Å². The number of ether oxygens (including phenoxy) is 2. The number of nitrogens with zero attached hydrogens (tertiary/aromatic N) is 2. The van der Waals surface area contributed by atoms with Crippen molar-refractivity contribution in [2.75, 3.05) is 23.8 Å². The molecule has 12 heteroatoms. The molecular formula is C34H29ClIN5O4S. The van der Waals surface area contributed by atoms with Crippen LogP contribution in [0.2, 0.25) is 5.02 Å². The van der Waals surface area contributed by atoms with Gasteiger partial charge >= 0.3 is 0 Å². The monoisotopic (exact) mass is 765 g/mol. The quantitative estimate of drug-likeness (QED) is 0.0670. The van der Waals surface area contributed by atoms with Gasteiger partial charge in [-0.1, -0.05) is 41.4 Å². The summed E-state index contributed by atoms with van der Waals surface area (Å²) < 4.78 is 12.3. The van der Waals surface area contributed by atoms with Gasteiger partial charge in [0.25, 0.3) is 11.8 Å². The molecule has 5 rings (SSSR count). The highest BCUT2D eigenvalue weighted by molar-refractivity contribution is 14.1. The predicted molar refractivity (Wildman–Crippen MR) is 193 cm³/mol. The SMILES string of the molecule is CCOc1cc(/C=N\NC(=O)c2ccc(-c3csc(Nc4ccc(Cl)cc4)n3)cc2)cc(I)c1OCC(=O)Nc1ccc(C)cc1. The molecule has 0 aliphatic heterocycles. The van der Waals surface area contributed by atoms with Gasteiger partial charge in [0, 0.05) is 32.9 Å². The fourth-order valence-electron chi connectivity index (χ4n) is 4.18. The van der Waals surface area contributed by atoms with Gasteiger partial charge in [-0.15, -0.1) is 11.3 Å². The minimum Gasteiger partial charge on any atom is -0.490 e. The van der Waals surface area contributed by atoms with Crippen LogP contribution in [-0.2, 0) is 4.79 Å². The van der Waals surface area contributed by atoms with Crippen molar-refractivity contribution >= 4 is 80.1 Å². The predicted octanol–water partition coefficient (Wildman–Crippen LogP) is 8.30. The zero-order valence-electron chi connectivity index (χ0n) is 24.8. The lowest BCUT2D eigenvalue weighted by atomic mass is 10.1. The summed E-state index contributed by atoms with van der Waals surface area (Å²) in [6.45, 7) is 4.06. The highest BCUT2D eigenvalue weighted by Gasteiger charge is 2.14. The molecule has 4 aromatic carbocycles. The Morgan fingerprint density at radius 3 is 2.41 bits per heavy atom. The van der Waals surface area contributed by atoms with Crippen LogP contribution >= 0.6 is 45.5 Å². The first-order chi connectivity index (χ1) is 22.3. The largest absolute Gasteiger partial charge is 0.490 e. The molecule has 0 fully saturated rings. The van der Waals surface area contributed by atoms with Crippen molar-refractivity contribution < 1.29 is 19.1 Å². The average Bonchev–Trinajstić information content (AvgIpc) is 3.51. The summed E-state index contributed by atoms with van der Waals surface area (Å²) in [5.74, 6) is 0.279. The number of hydrogen-bond acceptors (Lipinski definition) is 8. The fourth-order valence-corrected chi connectivity index (χ4v) is 5.83. The molecule has 0 atom stereocenters. The number of halogens is 2. The first kappa shape index (κ1) is 32.9. The van der Waals surface area contributed by atoms with Gasteiger partial charge in [-0.2, -0.15) is 5.10 Å². The summed E-state index contributed by atoms with van der Waals surface area (Å²) in [5.41, 5.74) is 8.08. The number of aromatic nitrogens is 1. The number of nitrogens with one attached hydrogen (secondary N) is 3. The minimum absolute atomic E-state index is 0.184. The number of hydrogen-bond donors (Lipinski definition) is 3. The first-order valence-corrected chi connectivity index (χ1v) is 16.5. The lowest BCUT2D eigenvalue weighted by Gasteiger charge is -2.14. The van der Waals surface area contributed by atoms with Crippen molar-refractivity contribution in [3.05, 3.63) is 116 Å². The molecule has 3 N–H and O–H groups in total. The van der Waals surface area contributed by atoms with Gasteiger partial charge in [-0.05, 0) is 103 Å². The van der Waals surface area contributed by atoms with Crippen LogP contribution in [0.3, 0.4) is 0 Å². The Bertz CT molecular complexity index is 1850. The Morgan fingerprint density at radius 2 is 1.70 bits per heavy atom. The van der Waals surface area contributed by atoms with E-state index in [0.717, 1.165) is 31.2 Å². The van der Waals surface area contributed by atoms with Crippen LogP contribution in [0.4, 0.5) is 16.5 Å². The van der Waals surface area contributed by atoms with Gasteiger partial charge in [0.1, 0.15) is 0 Å². The van der Waals surface area contributed by atoms with E-state index in [-0.39, 0.29) is 18.4 Å². The van der Waals surface area contributed by atoms with Crippen molar-refractivity contribution in [3.8, 4) is 22.8 Å². The van der Waals surface area contributed by atoms with Gasteiger partial charge < -0.3 is 20.1 Å². The molecule has 2 amide bonds. The van der Waals surface area contributed by atoms with Crippen LogP contribution in [0.1, 0.15) is 28.4 Å². The summed E-state index contributed by atoms with van der Waals surface area (Å²) >= 11 is 9.56. The minimum atomic E-state index is -0.356. The second-order valence-electron chi connectivity index (χ2n) is 9.91. The maximum absolute atomic E-state index is 12.8. The Kier molecular flexibility index (Phi) is 11.2. The van der Waals surface area contributed by atoms with Crippen LogP contribution in [0.15, 0.2) is 95.4 Å². The summed E-state index contributed by atoms with van der Waals surface area (Å²) in [7, 11) is 0. The van der Waals surface area contributed by atoms with Crippen LogP contribution in [-0.4, -0.2) is 36.2 Å². The maximum Gasteiger partial charge on any atom is 0.271 e. The average molecular weight is 766 g/mol. The van der Waals surface area contributed by atoms with E-state index in [4.69, 9.17) is 21.1 Å². The van der Waals surface area contributed by atoms with Gasteiger partial charge in [0.15, 0.2) is 23.2 Å². The third-order valence-corrected chi connectivity index (χ3v) is 8.25. The number of rotatable bonds is 12. The van der Waals surface area contributed by atoms with Crippen molar-refractivity contribution in [1.29, 1.82) is 0 Å². The highest BCUT2D eigenvalue weighted by Crippen LogP contribution is 2.34. The molecule has 0 aliphatic rings. The molecule has 1 heterocycles. The van der Waals surface area contributed by atoms with Crippen molar-refractivity contribution in [3.63, 3.8) is 0 Å². The Balaban J connectivity index is 1.17. The lowest BCUT2D eigenvalue weighted by Crippen LogP contribution is -2.20. The fraction of sp³-hybridized carbons (Fsp3) is 0.118. The molecule has 234 valence electrons. The van der Waals surface area contributed by atoms with E-state index < -0.39 is 0 Å². The topological polar surface area (TPSA) is 114 Å². The molecule has 0 bridgehead atoms. The Morgan fingerprint density at radius 1 is 0.978 bits per heavy atom. The number of amides is 2. The van der Waals surface area contributed by atoms with E-state index in [1.165, 1.54) is 17.6 Å². The van der Waals surface area contributed by atoms with E-state index in [9.17, 15) is 9.59 Å². The van der Waals surface area contributed by atoms with Crippen LogP contribution in [0.5, 0.6) is 11.5 Å². The van der Waals surface area contributed by atoms with Gasteiger partial charge in [-0.3, -0.25) is 9.59 Å². The second kappa shape index (κ2) is 15.7. The van der Waals surface area contributed by atoms with E-state index in [1.54, 1.807) is 18.2 Å². The third-order valence-electron chi connectivity index (χ3n) is 6.44. The maximum atomic E-state index is 12.8. The van der Waals surface area contributed by atoms with Gasteiger partial charge in [0.05, 0.1) is 22.1 Å². The number of thiazole rings is 1. The molecule has 0 saturated carbocycles. The first-order valence-electron chi connectivity index (χ1n) is 14.1. The third kappa shape index (κ3) is 9.05. The number of anilines is 3. The van der Waals surface area contributed by atoms with Crippen molar-refractivity contribution in [1.82, 2.24) is 10.4 Å². The Hall–Kier alpha value is -4.46. The number of benzene rings is 4. The number of carbonyl (C=O) groups is 2. The second-order valence-corrected chi connectivity index (χ2v) is 12.4. The lowest BCUT2D eigenvalue weighted by molar-refractivity contribution is -0.118. The summed E-state index contributed by atoms with van der Waals surface area (Å²) in [6.07, 6.45) is 1.52. The number of carbonyl (C=O) groups excluding carboxylic acids is 2. The molecule has 46 heavy (non-hydrogen) atoms. The summed E-state index contributed by atoms with van der Waals surface area (Å²) in [4.78, 5) is 29.9.